The molecule has 42 heavy (non-hydrogen) atoms. The number of hydrogen-bond acceptors (Lipinski definition) is 8. The number of fused-ring (bicyclic) bond motifs is 1. The van der Waals surface area contributed by atoms with Crippen LogP contribution < -0.4 is 4.90 Å². The smallest absolute Gasteiger partial charge is 0.236 e. The van der Waals surface area contributed by atoms with E-state index in [1.165, 1.54) is 28.3 Å². The third kappa shape index (κ3) is 6.02. The van der Waals surface area contributed by atoms with Crippen LogP contribution in [0.15, 0.2) is 30.5 Å². The normalized spacial score (nSPS) is 14.1. The number of carbonyl (C=O) groups excluding carboxylic acids is 1. The molecule has 0 N–H and O–H groups in total. The molecule has 1 aromatic carbocycles. The van der Waals surface area contributed by atoms with E-state index in [9.17, 15) is 14.4 Å². The van der Waals surface area contributed by atoms with Crippen molar-refractivity contribution in [2.45, 2.75) is 39.0 Å². The van der Waals surface area contributed by atoms with Gasteiger partial charge in [-0.15, -0.1) is 11.3 Å². The molecule has 0 unspecified atom stereocenters. The lowest BCUT2D eigenvalue weighted by Crippen LogP contribution is -2.42. The van der Waals surface area contributed by atoms with Gasteiger partial charge in [-0.1, -0.05) is 18.3 Å². The monoisotopic (exact) mass is 604 g/mol. The van der Waals surface area contributed by atoms with E-state index in [-0.39, 0.29) is 11.7 Å². The first-order valence-electron chi connectivity index (χ1n) is 14.1. The summed E-state index contributed by atoms with van der Waals surface area (Å²) in [5.74, 6) is 1.09. The molecule has 4 heterocycles. The van der Waals surface area contributed by atoms with Crippen molar-refractivity contribution in [2.75, 3.05) is 51.2 Å². The first-order chi connectivity index (χ1) is 20.4. The number of amides is 1. The molecule has 1 aliphatic rings. The maximum absolute atomic E-state index is 13.5. The Bertz CT molecular complexity index is 1640. The van der Waals surface area contributed by atoms with Crippen LogP contribution >= 0.6 is 22.7 Å². The van der Waals surface area contributed by atoms with E-state index in [1.807, 2.05) is 0 Å². The van der Waals surface area contributed by atoms with Gasteiger partial charge in [0.2, 0.25) is 12.5 Å². The highest BCUT2D eigenvalue weighted by atomic mass is 32.1. The highest BCUT2D eigenvalue weighted by molar-refractivity contribution is 7.17. The molecular weight excluding hydrogens is 572 g/mol. The van der Waals surface area contributed by atoms with Crippen LogP contribution in [0.2, 0.25) is 0 Å². The van der Waals surface area contributed by atoms with E-state index in [4.69, 9.17) is 16.5 Å². The van der Waals surface area contributed by atoms with Crippen molar-refractivity contribution in [3.8, 4) is 17.3 Å². The second-order valence-electron chi connectivity index (χ2n) is 10.3. The van der Waals surface area contributed by atoms with E-state index in [2.05, 4.69) is 45.2 Å². The number of halogens is 1. The van der Waals surface area contributed by atoms with Gasteiger partial charge in [0.25, 0.3) is 0 Å². The average molecular weight is 605 g/mol. The summed E-state index contributed by atoms with van der Waals surface area (Å²) in [6.07, 6.45) is 4.89. The summed E-state index contributed by atoms with van der Waals surface area (Å²) in [5.41, 5.74) is 2.24. The summed E-state index contributed by atoms with van der Waals surface area (Å²) in [4.78, 5) is 34.4. The van der Waals surface area contributed by atoms with Crippen LogP contribution in [-0.2, 0) is 11.2 Å². The molecule has 0 radical (unpaired) electrons. The predicted octanol–water partition coefficient (Wildman–Crippen LogP) is 5.81. The molecule has 4 aromatic rings. The van der Waals surface area contributed by atoms with Crippen LogP contribution in [0.4, 0.5) is 15.3 Å². The van der Waals surface area contributed by atoms with E-state index in [0.717, 1.165) is 48.8 Å². The number of likely N-dealkylation sites (N-methyl/N-ethyl adjacent to an activating group) is 1. The Morgan fingerprint density at radius 2 is 1.95 bits per heavy atom. The van der Waals surface area contributed by atoms with Gasteiger partial charge in [0.05, 0.1) is 18.8 Å². The number of benzene rings is 1. The Morgan fingerprint density at radius 1 is 1.21 bits per heavy atom. The van der Waals surface area contributed by atoms with Crippen molar-refractivity contribution < 1.29 is 9.18 Å². The molecule has 0 atom stereocenters. The van der Waals surface area contributed by atoms with Crippen molar-refractivity contribution in [3.05, 3.63) is 63.1 Å². The first-order valence-corrected chi connectivity index (χ1v) is 15.7. The standard InChI is InChI=1S/C30H33FN8OS2/c1-5-23-28(38(6-2)30-35-27(24(17-32)41-30)21-7-9-22(31)10-8-21)39-18-25(42-29(39)34-23)20-11-14-37(15-12-20)19-26(40)36(4)16-13-33-3/h7-10,18,20H,5-6,11-16,19H2,1-2,4H3. The Hall–Kier alpha value is -3.84. The fraction of sp³-hybridized carbons (Fsp3) is 0.433. The number of piperidine rings is 1. The van der Waals surface area contributed by atoms with E-state index in [1.54, 1.807) is 35.4 Å². The van der Waals surface area contributed by atoms with Crippen molar-refractivity contribution in [3.63, 3.8) is 0 Å². The lowest BCUT2D eigenvalue weighted by Gasteiger charge is -2.31. The molecule has 0 bridgehead atoms. The second kappa shape index (κ2) is 13.0. The Labute approximate surface area is 253 Å². The van der Waals surface area contributed by atoms with Crippen LogP contribution in [0.3, 0.4) is 0 Å². The van der Waals surface area contributed by atoms with Gasteiger partial charge < -0.3 is 14.6 Å². The van der Waals surface area contributed by atoms with Gasteiger partial charge in [0.15, 0.2) is 10.1 Å². The summed E-state index contributed by atoms with van der Waals surface area (Å²) in [7, 11) is 1.76. The molecule has 1 fully saturated rings. The van der Waals surface area contributed by atoms with Gasteiger partial charge in [-0.05, 0) is 69.5 Å². The Kier molecular flexibility index (Phi) is 9.17. The number of thiazole rings is 2. The maximum atomic E-state index is 13.5. The van der Waals surface area contributed by atoms with Gasteiger partial charge in [-0.2, -0.15) is 5.26 Å². The molecule has 3 aromatic heterocycles. The lowest BCUT2D eigenvalue weighted by atomic mass is 9.96. The summed E-state index contributed by atoms with van der Waals surface area (Å²) in [5, 5.41) is 10.6. The Balaban J connectivity index is 1.37. The summed E-state index contributed by atoms with van der Waals surface area (Å²) in [6.45, 7) is 14.6. The number of aryl methyl sites for hydroxylation is 1. The minimum absolute atomic E-state index is 0.0624. The molecule has 1 aliphatic heterocycles. The molecule has 1 amide bonds. The van der Waals surface area contributed by atoms with Crippen molar-refractivity contribution >= 4 is 44.5 Å². The molecule has 0 aliphatic carbocycles. The SMILES string of the molecule is [C-]#[N+]CCN(C)C(=O)CN1CCC(c2cn3c(N(CC)c4nc(-c5ccc(F)cc5)c(C#N)s4)c(CC)nc3s2)CC1. The number of nitriles is 1. The molecule has 1 saturated heterocycles. The predicted molar refractivity (Wildman–Crippen MR) is 165 cm³/mol. The van der Waals surface area contributed by atoms with Gasteiger partial charge >= 0.3 is 0 Å². The fourth-order valence-electron chi connectivity index (χ4n) is 5.30. The highest BCUT2D eigenvalue weighted by Crippen LogP contribution is 2.40. The third-order valence-electron chi connectivity index (χ3n) is 7.68. The zero-order valence-electron chi connectivity index (χ0n) is 24.0. The number of hydrogen-bond donors (Lipinski definition) is 0. The zero-order valence-corrected chi connectivity index (χ0v) is 25.6. The summed E-state index contributed by atoms with van der Waals surface area (Å²) >= 11 is 3.05. The van der Waals surface area contributed by atoms with Crippen LogP contribution in [0.5, 0.6) is 0 Å². The molecule has 5 rings (SSSR count). The fourth-order valence-corrected chi connectivity index (χ4v) is 7.42. The second-order valence-corrected chi connectivity index (χ2v) is 12.3. The Morgan fingerprint density at radius 3 is 2.60 bits per heavy atom. The quantitative estimate of drug-likeness (QED) is 0.213. The first kappa shape index (κ1) is 29.6. The van der Waals surface area contributed by atoms with Crippen molar-refractivity contribution in [1.82, 2.24) is 24.2 Å². The number of carbonyl (C=O) groups is 1. The molecule has 218 valence electrons. The topological polar surface area (TPSA) is 85.1 Å². The molecular formula is C30H33FN8OS2. The van der Waals surface area contributed by atoms with Crippen LogP contribution in [0.1, 0.15) is 48.1 Å². The van der Waals surface area contributed by atoms with E-state index >= 15 is 0 Å². The third-order valence-corrected chi connectivity index (χ3v) is 9.81. The number of nitrogens with zero attached hydrogens (tertiary/aromatic N) is 8. The number of likely N-dealkylation sites (tertiary alicyclic amines) is 1. The largest absolute Gasteiger partial charge is 0.337 e. The van der Waals surface area contributed by atoms with Crippen LogP contribution in [-0.4, -0.2) is 76.4 Å². The van der Waals surface area contributed by atoms with Gasteiger partial charge in [0, 0.05) is 30.2 Å². The van der Waals surface area contributed by atoms with E-state index in [0.29, 0.717) is 53.4 Å². The zero-order chi connectivity index (χ0) is 29.8. The summed E-state index contributed by atoms with van der Waals surface area (Å²) < 4.78 is 15.7. The molecule has 0 saturated carbocycles. The molecule has 9 nitrogen and oxygen atoms in total. The minimum Gasteiger partial charge on any atom is -0.337 e. The maximum Gasteiger partial charge on any atom is 0.236 e. The lowest BCUT2D eigenvalue weighted by molar-refractivity contribution is -0.131. The highest BCUT2D eigenvalue weighted by Gasteiger charge is 2.28. The number of imidazole rings is 1. The van der Waals surface area contributed by atoms with Crippen LogP contribution in [0.25, 0.3) is 21.1 Å². The van der Waals surface area contributed by atoms with Gasteiger partial charge in [-0.3, -0.25) is 14.1 Å². The van der Waals surface area contributed by atoms with Crippen molar-refractivity contribution in [2.24, 2.45) is 0 Å². The van der Waals surface area contributed by atoms with Crippen molar-refractivity contribution in [1.29, 1.82) is 5.26 Å². The van der Waals surface area contributed by atoms with Gasteiger partial charge in [0.1, 0.15) is 28.3 Å². The number of aromatic nitrogens is 3. The molecule has 12 heteroatoms. The minimum atomic E-state index is -0.329. The summed E-state index contributed by atoms with van der Waals surface area (Å²) in [6, 6.07) is 8.34. The average Bonchev–Trinajstić information content (AvgIpc) is 3.71. The number of rotatable bonds is 10. The van der Waals surface area contributed by atoms with Crippen LogP contribution in [0, 0.1) is 23.7 Å². The van der Waals surface area contributed by atoms with E-state index < -0.39 is 0 Å². The molecule has 0 spiro atoms. The van der Waals surface area contributed by atoms with Gasteiger partial charge in [-0.25, -0.2) is 20.9 Å². The number of anilines is 2.